The SMILES string of the molecule is N#Cc1cccc(-c2ccc(CCC(=O)N3C[C@H](O)C[C@H]3c3ncc(-c4cccc(Cl)c4)[nH]3)cc2)c1. The second-order valence-electron chi connectivity index (χ2n) is 9.03. The number of aliphatic hydroxyl groups excluding tert-OH is 1. The molecule has 0 radical (unpaired) electrons. The molecule has 3 aromatic carbocycles. The minimum Gasteiger partial charge on any atom is -0.391 e. The van der Waals surface area contributed by atoms with E-state index >= 15 is 0 Å². The Bertz CT molecular complexity index is 1420. The predicted molar refractivity (Wildman–Crippen MR) is 139 cm³/mol. The van der Waals surface area contributed by atoms with Gasteiger partial charge in [-0.05, 0) is 47.4 Å². The lowest BCUT2D eigenvalue weighted by Crippen LogP contribution is -2.32. The second-order valence-corrected chi connectivity index (χ2v) is 9.47. The molecular weight excluding hydrogens is 472 g/mol. The third-order valence-electron chi connectivity index (χ3n) is 6.55. The van der Waals surface area contributed by atoms with E-state index in [0.717, 1.165) is 27.9 Å². The van der Waals surface area contributed by atoms with Crippen molar-refractivity contribution >= 4 is 17.5 Å². The van der Waals surface area contributed by atoms with Gasteiger partial charge in [-0.15, -0.1) is 0 Å². The third-order valence-corrected chi connectivity index (χ3v) is 6.79. The Balaban J connectivity index is 1.25. The lowest BCUT2D eigenvalue weighted by molar-refractivity contribution is -0.132. The lowest BCUT2D eigenvalue weighted by atomic mass is 10.0. The van der Waals surface area contributed by atoms with Crippen molar-refractivity contribution < 1.29 is 9.90 Å². The summed E-state index contributed by atoms with van der Waals surface area (Å²) in [6, 6.07) is 24.9. The van der Waals surface area contributed by atoms with Crippen molar-refractivity contribution in [3.8, 4) is 28.5 Å². The number of nitrogens with zero attached hydrogens (tertiary/aromatic N) is 3. The molecule has 1 amide bonds. The minimum absolute atomic E-state index is 0.0111. The van der Waals surface area contributed by atoms with Gasteiger partial charge in [-0.3, -0.25) is 4.79 Å². The summed E-state index contributed by atoms with van der Waals surface area (Å²) in [4.78, 5) is 22.7. The van der Waals surface area contributed by atoms with E-state index in [-0.39, 0.29) is 11.9 Å². The fourth-order valence-electron chi connectivity index (χ4n) is 4.68. The molecule has 2 atom stereocenters. The number of amides is 1. The maximum absolute atomic E-state index is 13.2. The first-order valence-corrected chi connectivity index (χ1v) is 12.3. The molecule has 6 nitrogen and oxygen atoms in total. The molecule has 7 heteroatoms. The van der Waals surface area contributed by atoms with E-state index in [4.69, 9.17) is 16.9 Å². The van der Waals surface area contributed by atoms with Gasteiger partial charge in [0.25, 0.3) is 0 Å². The molecule has 0 saturated carbocycles. The maximum atomic E-state index is 13.2. The Morgan fingerprint density at radius 2 is 1.86 bits per heavy atom. The standard InChI is InChI=1S/C29H25ClN4O2/c30-24-6-2-5-23(14-24)26-17-32-29(33-26)27-15-25(35)18-34(27)28(36)12-9-19-7-10-21(11-8-19)22-4-1-3-20(13-22)16-31/h1-8,10-11,13-14,17,25,27,35H,9,12,15,18H2,(H,32,33)/t25-,27+/m1/s1. The summed E-state index contributed by atoms with van der Waals surface area (Å²) in [6.07, 6.45) is 2.55. The van der Waals surface area contributed by atoms with Gasteiger partial charge >= 0.3 is 0 Å². The zero-order valence-electron chi connectivity index (χ0n) is 19.6. The van der Waals surface area contributed by atoms with Crippen molar-refractivity contribution in [2.24, 2.45) is 0 Å². The number of imidazole rings is 1. The zero-order valence-corrected chi connectivity index (χ0v) is 20.3. The number of β-amino-alcohol motifs (C(OH)–C–C–N with tert-alkyl or cyclic N) is 1. The first-order valence-electron chi connectivity index (χ1n) is 11.9. The van der Waals surface area contributed by atoms with E-state index in [1.165, 1.54) is 0 Å². The summed E-state index contributed by atoms with van der Waals surface area (Å²) in [5.74, 6) is 0.655. The van der Waals surface area contributed by atoms with Crippen LogP contribution in [-0.4, -0.2) is 38.5 Å². The summed E-state index contributed by atoms with van der Waals surface area (Å²) >= 11 is 6.12. The van der Waals surface area contributed by atoms with Crippen LogP contribution in [0.25, 0.3) is 22.4 Å². The molecule has 2 heterocycles. The van der Waals surface area contributed by atoms with E-state index < -0.39 is 6.10 Å². The van der Waals surface area contributed by atoms with Crippen LogP contribution < -0.4 is 0 Å². The fraction of sp³-hybridized carbons (Fsp3) is 0.207. The Morgan fingerprint density at radius 1 is 1.08 bits per heavy atom. The van der Waals surface area contributed by atoms with Gasteiger partial charge in [0, 0.05) is 30.0 Å². The van der Waals surface area contributed by atoms with Crippen LogP contribution in [0.1, 0.15) is 35.8 Å². The van der Waals surface area contributed by atoms with Crippen molar-refractivity contribution in [1.82, 2.24) is 14.9 Å². The molecule has 0 unspecified atom stereocenters. The molecule has 1 aliphatic heterocycles. The number of carbonyl (C=O) groups excluding carboxylic acids is 1. The number of likely N-dealkylation sites (tertiary alicyclic amines) is 1. The number of benzene rings is 3. The van der Waals surface area contributed by atoms with E-state index in [1.807, 2.05) is 66.7 Å². The number of halogens is 1. The number of carbonyl (C=O) groups is 1. The maximum Gasteiger partial charge on any atom is 0.223 e. The van der Waals surface area contributed by atoms with Crippen LogP contribution in [0.4, 0.5) is 0 Å². The van der Waals surface area contributed by atoms with Crippen LogP contribution in [0, 0.1) is 11.3 Å². The third kappa shape index (κ3) is 5.18. The van der Waals surface area contributed by atoms with Crippen LogP contribution in [0.5, 0.6) is 0 Å². The van der Waals surface area contributed by atoms with Gasteiger partial charge in [0.15, 0.2) is 0 Å². The Labute approximate surface area is 214 Å². The van der Waals surface area contributed by atoms with Gasteiger partial charge in [-0.25, -0.2) is 4.98 Å². The van der Waals surface area contributed by atoms with Crippen molar-refractivity contribution in [2.75, 3.05) is 6.54 Å². The smallest absolute Gasteiger partial charge is 0.223 e. The molecule has 0 aliphatic carbocycles. The number of hydrogen-bond acceptors (Lipinski definition) is 4. The summed E-state index contributed by atoms with van der Waals surface area (Å²) in [6.45, 7) is 0.296. The highest BCUT2D eigenvalue weighted by Gasteiger charge is 2.36. The number of hydrogen-bond donors (Lipinski definition) is 2. The molecule has 180 valence electrons. The molecule has 36 heavy (non-hydrogen) atoms. The Kier molecular flexibility index (Phi) is 6.86. The van der Waals surface area contributed by atoms with E-state index in [9.17, 15) is 9.90 Å². The topological polar surface area (TPSA) is 93.0 Å². The minimum atomic E-state index is -0.581. The Hall–Kier alpha value is -3.92. The van der Waals surface area contributed by atoms with Crippen molar-refractivity contribution in [3.05, 3.63) is 101 Å². The van der Waals surface area contributed by atoms with Crippen LogP contribution in [0.15, 0.2) is 79.0 Å². The monoisotopic (exact) mass is 496 g/mol. The van der Waals surface area contributed by atoms with Crippen LogP contribution in [0.3, 0.4) is 0 Å². The van der Waals surface area contributed by atoms with Crippen molar-refractivity contribution in [2.45, 2.75) is 31.4 Å². The molecule has 5 rings (SSSR count). The van der Waals surface area contributed by atoms with Crippen molar-refractivity contribution in [1.29, 1.82) is 5.26 Å². The summed E-state index contributed by atoms with van der Waals surface area (Å²) < 4.78 is 0. The van der Waals surface area contributed by atoms with E-state index in [2.05, 4.69) is 16.0 Å². The van der Waals surface area contributed by atoms with Gasteiger partial charge in [-0.1, -0.05) is 60.1 Å². The predicted octanol–water partition coefficient (Wildman–Crippen LogP) is 5.54. The number of H-pyrrole nitrogens is 1. The average Bonchev–Trinajstić information content (AvgIpc) is 3.55. The number of aromatic nitrogens is 2. The fourth-order valence-corrected chi connectivity index (χ4v) is 4.87. The highest BCUT2D eigenvalue weighted by molar-refractivity contribution is 6.30. The van der Waals surface area contributed by atoms with Gasteiger partial charge in [-0.2, -0.15) is 5.26 Å². The first kappa shape index (κ1) is 23.8. The molecule has 2 N–H and O–H groups in total. The Morgan fingerprint density at radius 3 is 2.64 bits per heavy atom. The number of nitriles is 1. The zero-order chi connectivity index (χ0) is 25.1. The molecule has 1 aliphatic rings. The van der Waals surface area contributed by atoms with Crippen LogP contribution in [0.2, 0.25) is 5.02 Å². The van der Waals surface area contributed by atoms with E-state index in [1.54, 1.807) is 17.2 Å². The summed E-state index contributed by atoms with van der Waals surface area (Å²) in [5.41, 5.74) is 5.43. The molecule has 0 bridgehead atoms. The van der Waals surface area contributed by atoms with Crippen molar-refractivity contribution in [3.63, 3.8) is 0 Å². The second kappa shape index (κ2) is 10.4. The van der Waals surface area contributed by atoms with Crippen LogP contribution in [-0.2, 0) is 11.2 Å². The van der Waals surface area contributed by atoms with Gasteiger partial charge < -0.3 is 15.0 Å². The summed E-state index contributed by atoms with van der Waals surface area (Å²) in [7, 11) is 0. The highest BCUT2D eigenvalue weighted by Crippen LogP contribution is 2.33. The molecule has 0 spiro atoms. The average molecular weight is 497 g/mol. The molecular formula is C29H25ClN4O2. The first-order chi connectivity index (χ1) is 17.5. The lowest BCUT2D eigenvalue weighted by Gasteiger charge is -2.23. The molecule has 4 aromatic rings. The quantitative estimate of drug-likeness (QED) is 0.366. The van der Waals surface area contributed by atoms with Gasteiger partial charge in [0.1, 0.15) is 5.82 Å². The normalized spacial score (nSPS) is 17.2. The summed E-state index contributed by atoms with van der Waals surface area (Å²) in [5, 5.41) is 20.1. The number of aromatic amines is 1. The highest BCUT2D eigenvalue weighted by atomic mass is 35.5. The largest absolute Gasteiger partial charge is 0.391 e. The number of aryl methyl sites for hydroxylation is 1. The molecule has 1 fully saturated rings. The molecule has 1 aromatic heterocycles. The van der Waals surface area contributed by atoms with Gasteiger partial charge in [0.2, 0.25) is 5.91 Å². The van der Waals surface area contributed by atoms with Crippen LogP contribution >= 0.6 is 11.6 Å². The van der Waals surface area contributed by atoms with Gasteiger partial charge in [0.05, 0.1) is 35.7 Å². The number of rotatable bonds is 6. The van der Waals surface area contributed by atoms with E-state index in [0.29, 0.717) is 42.2 Å². The number of aliphatic hydroxyl groups is 1. The molecule has 1 saturated heterocycles. The number of nitrogens with one attached hydrogen (secondary N) is 1.